The van der Waals surface area contributed by atoms with Gasteiger partial charge < -0.3 is 4.74 Å². The quantitative estimate of drug-likeness (QED) is 0.769. The van der Waals surface area contributed by atoms with Gasteiger partial charge in [-0.2, -0.15) is 13.2 Å². The molecule has 0 saturated carbocycles. The number of rotatable bonds is 2. The van der Waals surface area contributed by atoms with E-state index in [0.717, 1.165) is 7.11 Å². The number of pyridine rings is 1. The van der Waals surface area contributed by atoms with Crippen molar-refractivity contribution in [3.63, 3.8) is 0 Å². The van der Waals surface area contributed by atoms with Crippen LogP contribution < -0.4 is 4.74 Å². The van der Waals surface area contributed by atoms with Gasteiger partial charge in [-0.1, -0.05) is 23.2 Å². The van der Waals surface area contributed by atoms with Crippen LogP contribution in [0.25, 0.3) is 11.3 Å². The molecule has 0 N–H and O–H groups in total. The number of alkyl halides is 3. The summed E-state index contributed by atoms with van der Waals surface area (Å²) in [5.41, 5.74) is -0.254. The molecule has 0 bridgehead atoms. The predicted octanol–water partition coefficient (Wildman–Crippen LogP) is 5.08. The number of hydrogen-bond donors (Lipinski definition) is 0. The Morgan fingerprint density at radius 1 is 1.15 bits per heavy atom. The van der Waals surface area contributed by atoms with Crippen molar-refractivity contribution in [2.75, 3.05) is 7.11 Å². The van der Waals surface area contributed by atoms with Crippen LogP contribution in [0.15, 0.2) is 30.5 Å². The summed E-state index contributed by atoms with van der Waals surface area (Å²) in [7, 11) is 1.16. The first-order chi connectivity index (χ1) is 9.32. The molecule has 0 radical (unpaired) electrons. The molecule has 2 nitrogen and oxygen atoms in total. The molecule has 2 aromatic rings. The fourth-order valence-corrected chi connectivity index (χ4v) is 2.05. The molecule has 1 aromatic heterocycles. The number of hydrogen-bond acceptors (Lipinski definition) is 2. The maximum atomic E-state index is 12.7. The van der Waals surface area contributed by atoms with Crippen LogP contribution >= 0.6 is 23.2 Å². The van der Waals surface area contributed by atoms with Crippen molar-refractivity contribution in [3.05, 3.63) is 46.1 Å². The van der Waals surface area contributed by atoms with Crippen LogP contribution in [-0.4, -0.2) is 12.1 Å². The van der Waals surface area contributed by atoms with E-state index in [1.807, 2.05) is 0 Å². The molecule has 0 aliphatic carbocycles. The van der Waals surface area contributed by atoms with Crippen LogP contribution in [0.2, 0.25) is 10.0 Å². The van der Waals surface area contributed by atoms with Gasteiger partial charge in [0.1, 0.15) is 11.3 Å². The van der Waals surface area contributed by atoms with Gasteiger partial charge in [0.25, 0.3) is 0 Å². The Balaban J connectivity index is 2.57. The van der Waals surface area contributed by atoms with E-state index in [0.29, 0.717) is 21.8 Å². The highest BCUT2D eigenvalue weighted by Crippen LogP contribution is 2.38. The predicted molar refractivity (Wildman–Crippen MR) is 71.2 cm³/mol. The summed E-state index contributed by atoms with van der Waals surface area (Å²) in [6, 6.07) is 5.83. The average molecular weight is 322 g/mol. The summed E-state index contributed by atoms with van der Waals surface area (Å²) < 4.78 is 43.0. The number of ether oxygens (including phenoxy) is 1. The van der Waals surface area contributed by atoms with Crippen molar-refractivity contribution < 1.29 is 17.9 Å². The van der Waals surface area contributed by atoms with E-state index < -0.39 is 11.7 Å². The van der Waals surface area contributed by atoms with Crippen molar-refractivity contribution >= 4 is 23.2 Å². The Labute approximate surface area is 123 Å². The standard InChI is InChI=1S/C13H8Cl2F3NO/c1-20-12-5-11(19-6-9(12)13(16,17)18)8-4-7(14)2-3-10(8)15/h2-6H,1H3. The Morgan fingerprint density at radius 2 is 1.85 bits per heavy atom. The minimum Gasteiger partial charge on any atom is -0.496 e. The Morgan fingerprint density at radius 3 is 2.45 bits per heavy atom. The minimum atomic E-state index is -4.53. The number of halogens is 5. The lowest BCUT2D eigenvalue weighted by Crippen LogP contribution is -2.08. The summed E-state index contributed by atoms with van der Waals surface area (Å²) in [5.74, 6) is -0.321. The van der Waals surface area contributed by atoms with Gasteiger partial charge in [0.2, 0.25) is 0 Å². The zero-order valence-electron chi connectivity index (χ0n) is 10.1. The Hall–Kier alpha value is -1.46. The highest BCUT2D eigenvalue weighted by Gasteiger charge is 2.35. The van der Waals surface area contributed by atoms with E-state index >= 15 is 0 Å². The second-order valence-electron chi connectivity index (χ2n) is 3.89. The third-order valence-electron chi connectivity index (χ3n) is 2.60. The highest BCUT2D eigenvalue weighted by molar-refractivity contribution is 6.35. The van der Waals surface area contributed by atoms with E-state index in [2.05, 4.69) is 4.98 Å². The number of methoxy groups -OCH3 is 1. The van der Waals surface area contributed by atoms with Crippen molar-refractivity contribution in [2.24, 2.45) is 0 Å². The molecule has 0 unspecified atom stereocenters. The van der Waals surface area contributed by atoms with Gasteiger partial charge in [-0.05, 0) is 18.2 Å². The molecule has 0 aliphatic rings. The molecule has 7 heteroatoms. The first kappa shape index (κ1) is 14.9. The molecule has 0 fully saturated rings. The summed E-state index contributed by atoms with van der Waals surface area (Å²) in [6.45, 7) is 0. The lowest BCUT2D eigenvalue weighted by molar-refractivity contribution is -0.139. The minimum absolute atomic E-state index is 0.252. The molecular formula is C13H8Cl2F3NO. The van der Waals surface area contributed by atoms with Crippen molar-refractivity contribution in [1.82, 2.24) is 4.98 Å². The molecule has 20 heavy (non-hydrogen) atoms. The van der Waals surface area contributed by atoms with Crippen LogP contribution in [0, 0.1) is 0 Å². The molecule has 0 aliphatic heterocycles. The molecule has 0 amide bonds. The first-order valence-electron chi connectivity index (χ1n) is 5.39. The lowest BCUT2D eigenvalue weighted by atomic mass is 10.1. The summed E-state index contributed by atoms with van der Waals surface area (Å²) in [6.07, 6.45) is -3.82. The first-order valence-corrected chi connectivity index (χ1v) is 6.15. The van der Waals surface area contributed by atoms with E-state index in [9.17, 15) is 13.2 Å². The van der Waals surface area contributed by atoms with E-state index in [4.69, 9.17) is 27.9 Å². The van der Waals surface area contributed by atoms with Gasteiger partial charge in [-0.15, -0.1) is 0 Å². The monoisotopic (exact) mass is 321 g/mol. The number of benzene rings is 1. The maximum absolute atomic E-state index is 12.7. The van der Waals surface area contributed by atoms with Gasteiger partial charge in [-0.25, -0.2) is 0 Å². The van der Waals surface area contributed by atoms with Crippen LogP contribution in [0.1, 0.15) is 5.56 Å². The molecule has 2 rings (SSSR count). The van der Waals surface area contributed by atoms with Crippen molar-refractivity contribution in [2.45, 2.75) is 6.18 Å². The normalized spacial score (nSPS) is 11.5. The SMILES string of the molecule is COc1cc(-c2cc(Cl)ccc2Cl)ncc1C(F)(F)F. The lowest BCUT2D eigenvalue weighted by Gasteiger charge is -2.13. The molecule has 0 spiro atoms. The van der Waals surface area contributed by atoms with Crippen LogP contribution in [0.3, 0.4) is 0 Å². The molecule has 106 valence electrons. The van der Waals surface area contributed by atoms with Gasteiger partial charge in [0, 0.05) is 22.8 Å². The Kier molecular flexibility index (Phi) is 4.11. The summed E-state index contributed by atoms with van der Waals surface area (Å²) in [5, 5.41) is 0.744. The molecule has 0 saturated heterocycles. The molecule has 1 heterocycles. The average Bonchev–Trinajstić information content (AvgIpc) is 2.39. The third kappa shape index (κ3) is 2.99. The summed E-state index contributed by atoms with van der Waals surface area (Å²) >= 11 is 11.8. The van der Waals surface area contributed by atoms with Gasteiger partial charge in [0.15, 0.2) is 0 Å². The zero-order chi connectivity index (χ0) is 14.9. The second kappa shape index (κ2) is 5.50. The third-order valence-corrected chi connectivity index (χ3v) is 3.16. The molecule has 0 atom stereocenters. The zero-order valence-corrected chi connectivity index (χ0v) is 11.6. The largest absolute Gasteiger partial charge is 0.496 e. The number of nitrogens with zero attached hydrogens (tertiary/aromatic N) is 1. The fourth-order valence-electron chi connectivity index (χ4n) is 1.66. The van der Waals surface area contributed by atoms with E-state index in [1.54, 1.807) is 12.1 Å². The second-order valence-corrected chi connectivity index (χ2v) is 4.74. The smallest absolute Gasteiger partial charge is 0.421 e. The fraction of sp³-hybridized carbons (Fsp3) is 0.154. The van der Waals surface area contributed by atoms with Crippen LogP contribution in [0.5, 0.6) is 5.75 Å². The van der Waals surface area contributed by atoms with E-state index in [-0.39, 0.29) is 11.4 Å². The molecular weight excluding hydrogens is 314 g/mol. The van der Waals surface area contributed by atoms with Crippen LogP contribution in [0.4, 0.5) is 13.2 Å². The topological polar surface area (TPSA) is 22.1 Å². The van der Waals surface area contributed by atoms with Gasteiger partial charge >= 0.3 is 6.18 Å². The number of aromatic nitrogens is 1. The molecule has 1 aromatic carbocycles. The Bertz CT molecular complexity index is 644. The van der Waals surface area contributed by atoms with Gasteiger partial charge in [-0.3, -0.25) is 4.98 Å². The maximum Gasteiger partial charge on any atom is 0.421 e. The summed E-state index contributed by atoms with van der Waals surface area (Å²) in [4.78, 5) is 3.78. The van der Waals surface area contributed by atoms with Crippen LogP contribution in [-0.2, 0) is 6.18 Å². The highest BCUT2D eigenvalue weighted by atomic mass is 35.5. The van der Waals surface area contributed by atoms with Crippen molar-refractivity contribution in [1.29, 1.82) is 0 Å². The van der Waals surface area contributed by atoms with Gasteiger partial charge in [0.05, 0.1) is 17.8 Å². The van der Waals surface area contributed by atoms with Crippen molar-refractivity contribution in [3.8, 4) is 17.0 Å². The van der Waals surface area contributed by atoms with E-state index in [1.165, 1.54) is 12.1 Å².